The van der Waals surface area contributed by atoms with E-state index in [1.165, 1.54) is 12.1 Å². The van der Waals surface area contributed by atoms with Crippen molar-refractivity contribution in [2.24, 2.45) is 11.8 Å². The molecule has 0 unspecified atom stereocenters. The average molecular weight is 301 g/mol. The number of halogens is 3. The Morgan fingerprint density at radius 2 is 1.86 bits per heavy atom. The molecule has 3 rings (SSSR count). The normalized spacial score (nSPS) is 32.8. The number of fused-ring (bicyclic) bond motifs is 1. The summed E-state index contributed by atoms with van der Waals surface area (Å²) in [5, 5.41) is 13.4. The van der Waals surface area contributed by atoms with Crippen LogP contribution in [0.1, 0.15) is 18.4 Å². The second kappa shape index (κ2) is 5.50. The number of ether oxygens (including phenoxy) is 1. The van der Waals surface area contributed by atoms with Gasteiger partial charge in [-0.2, -0.15) is 13.2 Å². The summed E-state index contributed by atoms with van der Waals surface area (Å²) in [5.41, 5.74) is -0.731. The molecule has 1 aliphatic carbocycles. The van der Waals surface area contributed by atoms with Crippen molar-refractivity contribution in [3.63, 3.8) is 0 Å². The first-order valence-electron chi connectivity index (χ1n) is 7.16. The molecule has 1 saturated carbocycles. The molecule has 3 nitrogen and oxygen atoms in total. The molecule has 6 heteroatoms. The quantitative estimate of drug-likeness (QED) is 0.881. The van der Waals surface area contributed by atoms with Gasteiger partial charge in [-0.3, -0.25) is 0 Å². The third kappa shape index (κ3) is 3.16. The van der Waals surface area contributed by atoms with Crippen molar-refractivity contribution in [1.82, 2.24) is 5.32 Å². The number of alkyl halides is 3. The molecule has 4 atom stereocenters. The van der Waals surface area contributed by atoms with E-state index in [-0.39, 0.29) is 5.75 Å². The highest BCUT2D eigenvalue weighted by atomic mass is 19.4. The largest absolute Gasteiger partial charge is 0.488 e. The molecule has 1 aliphatic heterocycles. The number of benzene rings is 1. The molecule has 0 bridgehead atoms. The van der Waals surface area contributed by atoms with Gasteiger partial charge in [0.15, 0.2) is 0 Å². The van der Waals surface area contributed by atoms with Crippen LogP contribution >= 0.6 is 0 Å². The summed E-state index contributed by atoms with van der Waals surface area (Å²) < 4.78 is 43.7. The summed E-state index contributed by atoms with van der Waals surface area (Å²) in [7, 11) is 0. The van der Waals surface area contributed by atoms with E-state index in [0.717, 1.165) is 25.2 Å². The van der Waals surface area contributed by atoms with Gasteiger partial charge in [0.2, 0.25) is 0 Å². The number of aliphatic hydroxyl groups excluding tert-OH is 1. The fourth-order valence-corrected chi connectivity index (χ4v) is 3.30. The summed E-state index contributed by atoms with van der Waals surface area (Å²) in [6, 6.07) is 4.83. The summed E-state index contributed by atoms with van der Waals surface area (Å²) in [4.78, 5) is 0. The Kier molecular flexibility index (Phi) is 3.84. The lowest BCUT2D eigenvalue weighted by atomic mass is 9.78. The molecule has 0 spiro atoms. The molecule has 116 valence electrons. The van der Waals surface area contributed by atoms with Crippen LogP contribution in [0.5, 0.6) is 5.75 Å². The second-order valence-corrected chi connectivity index (χ2v) is 5.90. The van der Waals surface area contributed by atoms with E-state index in [0.29, 0.717) is 24.7 Å². The highest BCUT2D eigenvalue weighted by Crippen LogP contribution is 2.36. The monoisotopic (exact) mass is 301 g/mol. The van der Waals surface area contributed by atoms with E-state index in [4.69, 9.17) is 4.74 Å². The Morgan fingerprint density at radius 1 is 1.14 bits per heavy atom. The summed E-state index contributed by atoms with van der Waals surface area (Å²) in [5.74, 6) is 1.05. The Morgan fingerprint density at radius 3 is 2.57 bits per heavy atom. The van der Waals surface area contributed by atoms with Gasteiger partial charge in [0, 0.05) is 0 Å². The Balaban J connectivity index is 1.71. The smallest absolute Gasteiger partial charge is 0.416 e. The van der Waals surface area contributed by atoms with Crippen LogP contribution in [0, 0.1) is 11.8 Å². The molecule has 0 aromatic heterocycles. The van der Waals surface area contributed by atoms with E-state index >= 15 is 0 Å². The van der Waals surface area contributed by atoms with Gasteiger partial charge < -0.3 is 15.2 Å². The van der Waals surface area contributed by atoms with Gasteiger partial charge in [-0.15, -0.1) is 0 Å². The van der Waals surface area contributed by atoms with Crippen molar-refractivity contribution in [3.05, 3.63) is 29.8 Å². The Hall–Kier alpha value is -1.27. The molecule has 0 amide bonds. The van der Waals surface area contributed by atoms with Crippen LogP contribution in [0.4, 0.5) is 13.2 Å². The lowest BCUT2D eigenvalue weighted by molar-refractivity contribution is -0.137. The number of rotatable bonds is 2. The second-order valence-electron chi connectivity index (χ2n) is 5.90. The van der Waals surface area contributed by atoms with E-state index in [1.807, 2.05) is 0 Å². The van der Waals surface area contributed by atoms with Crippen LogP contribution in [0.2, 0.25) is 0 Å². The lowest BCUT2D eigenvalue weighted by Gasteiger charge is -2.35. The summed E-state index contributed by atoms with van der Waals surface area (Å²) in [6.07, 6.45) is -4.13. The van der Waals surface area contributed by atoms with Crippen LogP contribution in [0.25, 0.3) is 0 Å². The number of nitrogens with one attached hydrogen (secondary N) is 1. The number of aliphatic hydroxyl groups is 1. The third-order valence-electron chi connectivity index (χ3n) is 4.44. The van der Waals surface area contributed by atoms with Gasteiger partial charge >= 0.3 is 6.18 Å². The zero-order valence-corrected chi connectivity index (χ0v) is 11.4. The molecular formula is C15H18F3NO2. The van der Waals surface area contributed by atoms with Gasteiger partial charge in [-0.1, -0.05) is 6.07 Å². The maximum atomic E-state index is 12.7. The van der Waals surface area contributed by atoms with Crippen molar-refractivity contribution in [2.75, 3.05) is 13.1 Å². The molecule has 1 saturated heterocycles. The van der Waals surface area contributed by atoms with Crippen molar-refractivity contribution in [2.45, 2.75) is 31.2 Å². The highest BCUT2D eigenvalue weighted by Gasteiger charge is 2.40. The molecule has 2 fully saturated rings. The van der Waals surface area contributed by atoms with Gasteiger partial charge in [-0.25, -0.2) is 0 Å². The average Bonchev–Trinajstić information content (AvgIpc) is 2.85. The summed E-state index contributed by atoms with van der Waals surface area (Å²) in [6.45, 7) is 1.79. The van der Waals surface area contributed by atoms with E-state index in [2.05, 4.69) is 5.32 Å². The molecular weight excluding hydrogens is 283 g/mol. The highest BCUT2D eigenvalue weighted by molar-refractivity contribution is 5.30. The van der Waals surface area contributed by atoms with Crippen LogP contribution in [-0.4, -0.2) is 30.4 Å². The molecule has 0 radical (unpaired) electrons. The first kappa shape index (κ1) is 14.7. The van der Waals surface area contributed by atoms with Crippen molar-refractivity contribution in [1.29, 1.82) is 0 Å². The van der Waals surface area contributed by atoms with E-state index in [9.17, 15) is 18.3 Å². The van der Waals surface area contributed by atoms with Gasteiger partial charge in [0.1, 0.15) is 11.9 Å². The number of hydrogen-bond acceptors (Lipinski definition) is 3. The van der Waals surface area contributed by atoms with Gasteiger partial charge in [0.25, 0.3) is 0 Å². The van der Waals surface area contributed by atoms with Crippen LogP contribution in [-0.2, 0) is 6.18 Å². The van der Waals surface area contributed by atoms with E-state index in [1.54, 1.807) is 0 Å². The van der Waals surface area contributed by atoms with Crippen molar-refractivity contribution < 1.29 is 23.0 Å². The third-order valence-corrected chi connectivity index (χ3v) is 4.44. The maximum absolute atomic E-state index is 12.7. The molecule has 2 aliphatic rings. The van der Waals surface area contributed by atoms with Crippen LogP contribution in [0.15, 0.2) is 24.3 Å². The van der Waals surface area contributed by atoms with Crippen molar-refractivity contribution >= 4 is 0 Å². The fraction of sp³-hybridized carbons (Fsp3) is 0.600. The molecule has 21 heavy (non-hydrogen) atoms. The predicted molar refractivity (Wildman–Crippen MR) is 71.0 cm³/mol. The summed E-state index contributed by atoms with van der Waals surface area (Å²) >= 11 is 0. The number of hydrogen-bond donors (Lipinski definition) is 2. The zero-order chi connectivity index (χ0) is 15.0. The first-order chi connectivity index (χ1) is 9.93. The SMILES string of the molecule is O[C@@H]1C[C@H]2CNC[C@H]2C[C@H]1Oc1cccc(C(F)(F)F)c1. The van der Waals surface area contributed by atoms with E-state index < -0.39 is 23.9 Å². The van der Waals surface area contributed by atoms with Gasteiger partial charge in [-0.05, 0) is 56.0 Å². The minimum atomic E-state index is -4.38. The fourth-order valence-electron chi connectivity index (χ4n) is 3.30. The molecule has 2 N–H and O–H groups in total. The predicted octanol–water partition coefficient (Wildman–Crippen LogP) is 2.44. The van der Waals surface area contributed by atoms with Crippen LogP contribution < -0.4 is 10.1 Å². The maximum Gasteiger partial charge on any atom is 0.416 e. The standard InChI is InChI=1S/C15H18F3NO2/c16-15(17,18)11-2-1-3-12(6-11)21-14-5-10-8-19-7-9(10)4-13(14)20/h1-3,6,9-10,13-14,19-20H,4-5,7-8H2/t9-,10+,13+,14+/m0/s1. The minimum Gasteiger partial charge on any atom is -0.488 e. The Bertz CT molecular complexity index is 506. The zero-order valence-electron chi connectivity index (χ0n) is 11.4. The molecule has 1 aromatic rings. The topological polar surface area (TPSA) is 41.5 Å². The first-order valence-corrected chi connectivity index (χ1v) is 7.16. The molecule has 1 heterocycles. The van der Waals surface area contributed by atoms with Gasteiger partial charge in [0.05, 0.1) is 11.7 Å². The minimum absolute atomic E-state index is 0.165. The molecule has 1 aromatic carbocycles. The van der Waals surface area contributed by atoms with Crippen molar-refractivity contribution in [3.8, 4) is 5.75 Å². The van der Waals surface area contributed by atoms with Crippen LogP contribution in [0.3, 0.4) is 0 Å². The lowest BCUT2D eigenvalue weighted by Crippen LogP contribution is -2.42. The Labute approximate surface area is 121 Å².